The van der Waals surface area contributed by atoms with E-state index in [9.17, 15) is 0 Å². The van der Waals surface area contributed by atoms with E-state index in [1.807, 2.05) is 12.4 Å². The van der Waals surface area contributed by atoms with E-state index in [1.54, 1.807) is 11.8 Å². The van der Waals surface area contributed by atoms with Crippen molar-refractivity contribution in [1.29, 1.82) is 0 Å². The second-order valence-electron chi connectivity index (χ2n) is 5.23. The van der Waals surface area contributed by atoms with Gasteiger partial charge >= 0.3 is 0 Å². The van der Waals surface area contributed by atoms with Gasteiger partial charge in [0.15, 0.2) is 5.16 Å². The van der Waals surface area contributed by atoms with Crippen molar-refractivity contribution in [1.82, 2.24) is 15.3 Å². The van der Waals surface area contributed by atoms with Crippen LogP contribution in [-0.2, 0) is 6.54 Å². The lowest BCUT2D eigenvalue weighted by molar-refractivity contribution is 0.388. The van der Waals surface area contributed by atoms with Crippen molar-refractivity contribution in [3.63, 3.8) is 0 Å². The van der Waals surface area contributed by atoms with Crippen molar-refractivity contribution in [2.75, 3.05) is 5.75 Å². The maximum atomic E-state index is 4.38. The number of rotatable bonds is 5. The van der Waals surface area contributed by atoms with Gasteiger partial charge in [0.1, 0.15) is 0 Å². The molecule has 106 valence electrons. The van der Waals surface area contributed by atoms with Gasteiger partial charge in [-0.2, -0.15) is 0 Å². The molecular formula is C15H25N3S. The minimum Gasteiger partial charge on any atom is -0.310 e. The summed E-state index contributed by atoms with van der Waals surface area (Å²) in [6.07, 6.45) is 13.6. The van der Waals surface area contributed by atoms with Crippen LogP contribution in [0.25, 0.3) is 0 Å². The molecule has 1 aromatic heterocycles. The Kier molecular flexibility index (Phi) is 6.65. The molecule has 1 fully saturated rings. The third kappa shape index (κ3) is 5.49. The Hall–Kier alpha value is -0.610. The molecule has 19 heavy (non-hydrogen) atoms. The zero-order valence-corrected chi connectivity index (χ0v) is 12.7. The largest absolute Gasteiger partial charge is 0.310 e. The first-order valence-corrected chi connectivity index (χ1v) is 8.54. The number of hydrogen-bond donors (Lipinski definition) is 1. The van der Waals surface area contributed by atoms with Crippen LogP contribution in [0.15, 0.2) is 17.6 Å². The average molecular weight is 279 g/mol. The highest BCUT2D eigenvalue weighted by atomic mass is 32.2. The molecule has 0 atom stereocenters. The Labute approximate surface area is 121 Å². The SMILES string of the molecule is CCSc1ncc(CNC2CCCCCCC2)cn1. The first-order chi connectivity index (χ1) is 9.38. The van der Waals surface area contributed by atoms with Crippen LogP contribution in [0.3, 0.4) is 0 Å². The molecule has 0 radical (unpaired) electrons. The second-order valence-corrected chi connectivity index (χ2v) is 6.46. The van der Waals surface area contributed by atoms with E-state index in [1.165, 1.54) is 50.5 Å². The van der Waals surface area contributed by atoms with Gasteiger partial charge in [0.2, 0.25) is 0 Å². The third-order valence-corrected chi connectivity index (χ3v) is 4.41. The predicted molar refractivity (Wildman–Crippen MR) is 81.4 cm³/mol. The molecule has 1 aromatic rings. The Balaban J connectivity index is 1.76. The molecule has 4 heteroatoms. The van der Waals surface area contributed by atoms with Crippen LogP contribution in [0.5, 0.6) is 0 Å². The normalized spacial score (nSPS) is 17.9. The summed E-state index contributed by atoms with van der Waals surface area (Å²) in [5, 5.41) is 4.56. The third-order valence-electron chi connectivity index (χ3n) is 3.66. The smallest absolute Gasteiger partial charge is 0.187 e. The van der Waals surface area contributed by atoms with Crippen molar-refractivity contribution in [2.45, 2.75) is 69.6 Å². The fraction of sp³-hybridized carbons (Fsp3) is 0.733. The number of nitrogens with one attached hydrogen (secondary N) is 1. The zero-order chi connectivity index (χ0) is 13.3. The minimum absolute atomic E-state index is 0.685. The van der Waals surface area contributed by atoms with Gasteiger partial charge in [0.25, 0.3) is 0 Å². The average Bonchev–Trinajstić information content (AvgIpc) is 2.39. The van der Waals surface area contributed by atoms with Gasteiger partial charge < -0.3 is 5.32 Å². The Morgan fingerprint density at radius 2 is 1.74 bits per heavy atom. The van der Waals surface area contributed by atoms with Gasteiger partial charge in [0, 0.05) is 30.5 Å². The van der Waals surface area contributed by atoms with Crippen LogP contribution < -0.4 is 5.32 Å². The molecule has 2 rings (SSSR count). The molecule has 0 bridgehead atoms. The van der Waals surface area contributed by atoms with Crippen molar-refractivity contribution in [3.8, 4) is 0 Å². The lowest BCUT2D eigenvalue weighted by Gasteiger charge is -2.21. The van der Waals surface area contributed by atoms with Crippen molar-refractivity contribution in [2.24, 2.45) is 0 Å². The first kappa shape index (κ1) is 14.8. The highest BCUT2D eigenvalue weighted by Crippen LogP contribution is 2.17. The first-order valence-electron chi connectivity index (χ1n) is 7.55. The van der Waals surface area contributed by atoms with Crippen LogP contribution in [0.2, 0.25) is 0 Å². The number of hydrogen-bond acceptors (Lipinski definition) is 4. The van der Waals surface area contributed by atoms with Crippen LogP contribution in [0.4, 0.5) is 0 Å². The molecule has 0 aliphatic heterocycles. The molecule has 0 aromatic carbocycles. The van der Waals surface area contributed by atoms with E-state index in [0.29, 0.717) is 6.04 Å². The number of thioether (sulfide) groups is 1. The van der Waals surface area contributed by atoms with Crippen LogP contribution >= 0.6 is 11.8 Å². The molecule has 0 unspecified atom stereocenters. The van der Waals surface area contributed by atoms with Gasteiger partial charge in [-0.1, -0.05) is 50.8 Å². The number of aromatic nitrogens is 2. The molecule has 3 nitrogen and oxygen atoms in total. The molecule has 1 aliphatic carbocycles. The van der Waals surface area contributed by atoms with Crippen molar-refractivity contribution < 1.29 is 0 Å². The topological polar surface area (TPSA) is 37.8 Å². The molecular weight excluding hydrogens is 254 g/mol. The summed E-state index contributed by atoms with van der Waals surface area (Å²) >= 11 is 1.69. The van der Waals surface area contributed by atoms with Crippen molar-refractivity contribution in [3.05, 3.63) is 18.0 Å². The van der Waals surface area contributed by atoms with Gasteiger partial charge in [0.05, 0.1) is 0 Å². The molecule has 1 aliphatic rings. The zero-order valence-electron chi connectivity index (χ0n) is 11.9. The Bertz CT molecular complexity index is 345. The highest BCUT2D eigenvalue weighted by molar-refractivity contribution is 7.99. The molecule has 1 N–H and O–H groups in total. The summed E-state index contributed by atoms with van der Waals surface area (Å²) in [6.45, 7) is 3.03. The summed E-state index contributed by atoms with van der Waals surface area (Å²) in [4.78, 5) is 8.76. The van der Waals surface area contributed by atoms with E-state index in [0.717, 1.165) is 17.5 Å². The lowest BCUT2D eigenvalue weighted by atomic mass is 9.96. The van der Waals surface area contributed by atoms with E-state index in [4.69, 9.17) is 0 Å². The summed E-state index contributed by atoms with van der Waals surface area (Å²) in [5.41, 5.74) is 1.20. The van der Waals surface area contributed by atoms with E-state index >= 15 is 0 Å². The van der Waals surface area contributed by atoms with Gasteiger partial charge in [-0.15, -0.1) is 0 Å². The Morgan fingerprint density at radius 1 is 1.11 bits per heavy atom. The predicted octanol–water partition coefficient (Wildman–Crippen LogP) is 3.79. The summed E-state index contributed by atoms with van der Waals surface area (Å²) in [6, 6.07) is 0.685. The van der Waals surface area contributed by atoms with Crippen LogP contribution in [0, 0.1) is 0 Å². The Morgan fingerprint density at radius 3 is 2.37 bits per heavy atom. The van der Waals surface area contributed by atoms with Crippen LogP contribution in [0.1, 0.15) is 57.4 Å². The van der Waals surface area contributed by atoms with E-state index < -0.39 is 0 Å². The highest BCUT2D eigenvalue weighted by Gasteiger charge is 2.10. The summed E-state index contributed by atoms with van der Waals surface area (Å²) in [5.74, 6) is 1.03. The molecule has 1 saturated carbocycles. The second kappa shape index (κ2) is 8.54. The molecule has 0 amide bonds. The molecule has 1 heterocycles. The maximum Gasteiger partial charge on any atom is 0.187 e. The summed E-state index contributed by atoms with van der Waals surface area (Å²) < 4.78 is 0. The fourth-order valence-electron chi connectivity index (χ4n) is 2.56. The fourth-order valence-corrected chi connectivity index (χ4v) is 3.07. The van der Waals surface area contributed by atoms with Crippen molar-refractivity contribution >= 4 is 11.8 Å². The van der Waals surface area contributed by atoms with Gasteiger partial charge in [-0.25, -0.2) is 9.97 Å². The molecule has 0 spiro atoms. The number of nitrogens with zero attached hydrogens (tertiary/aromatic N) is 2. The monoisotopic (exact) mass is 279 g/mol. The quantitative estimate of drug-likeness (QED) is 0.657. The van der Waals surface area contributed by atoms with E-state index in [-0.39, 0.29) is 0 Å². The van der Waals surface area contributed by atoms with E-state index in [2.05, 4.69) is 22.2 Å². The van der Waals surface area contributed by atoms with Crippen LogP contribution in [-0.4, -0.2) is 21.8 Å². The summed E-state index contributed by atoms with van der Waals surface area (Å²) in [7, 11) is 0. The standard InChI is InChI=1S/C15H25N3S/c1-2-19-15-17-11-13(12-18-15)10-16-14-8-6-4-3-5-7-9-14/h11-12,14,16H,2-10H2,1H3. The maximum absolute atomic E-state index is 4.38. The minimum atomic E-state index is 0.685. The van der Waals surface area contributed by atoms with Gasteiger partial charge in [-0.05, 0) is 18.6 Å². The van der Waals surface area contributed by atoms with Gasteiger partial charge in [-0.3, -0.25) is 0 Å². The molecule has 0 saturated heterocycles. The lowest BCUT2D eigenvalue weighted by Crippen LogP contribution is -2.29.